The Morgan fingerprint density at radius 2 is 1.78 bits per heavy atom. The highest BCUT2D eigenvalue weighted by Gasteiger charge is 2.39. The maximum atomic E-state index is 6.31. The lowest BCUT2D eigenvalue weighted by Gasteiger charge is -2.30. The van der Waals surface area contributed by atoms with Crippen LogP contribution in [0.25, 0.3) is 0 Å². The lowest BCUT2D eigenvalue weighted by molar-refractivity contribution is 0.203. The van der Waals surface area contributed by atoms with Crippen LogP contribution < -0.4 is 5.73 Å². The predicted molar refractivity (Wildman–Crippen MR) is 76.4 cm³/mol. The fourth-order valence-corrected chi connectivity index (χ4v) is 4.63. The third-order valence-corrected chi connectivity index (χ3v) is 5.88. The van der Waals surface area contributed by atoms with Gasteiger partial charge in [0.05, 0.1) is 0 Å². The van der Waals surface area contributed by atoms with Gasteiger partial charge in [-0.05, 0) is 49.4 Å². The van der Waals surface area contributed by atoms with E-state index in [9.17, 15) is 0 Å². The van der Waals surface area contributed by atoms with Gasteiger partial charge in [-0.15, -0.1) is 0 Å². The van der Waals surface area contributed by atoms with Crippen molar-refractivity contribution in [2.75, 3.05) is 19.6 Å². The summed E-state index contributed by atoms with van der Waals surface area (Å²) in [6.45, 7) is 6.44. The van der Waals surface area contributed by atoms with Gasteiger partial charge in [-0.3, -0.25) is 0 Å². The van der Waals surface area contributed by atoms with Gasteiger partial charge in [0, 0.05) is 25.7 Å². The summed E-state index contributed by atoms with van der Waals surface area (Å²) < 4.78 is 0. The third-order valence-electron chi connectivity index (χ3n) is 5.88. The molecule has 2 aliphatic carbocycles. The minimum absolute atomic E-state index is 0.500. The Morgan fingerprint density at radius 1 is 1.00 bits per heavy atom. The normalized spacial score (nSPS) is 46.0. The molecule has 0 amide bonds. The molecule has 3 rings (SSSR count). The van der Waals surface area contributed by atoms with Crippen molar-refractivity contribution in [1.29, 1.82) is 0 Å². The Hall–Kier alpha value is -0.0800. The summed E-state index contributed by atoms with van der Waals surface area (Å²) in [5.74, 6) is 3.71. The molecule has 0 aromatic heterocycles. The highest BCUT2D eigenvalue weighted by atomic mass is 15.2. The lowest BCUT2D eigenvalue weighted by atomic mass is 9.78. The lowest BCUT2D eigenvalue weighted by Crippen LogP contribution is -2.38. The summed E-state index contributed by atoms with van der Waals surface area (Å²) in [5, 5.41) is 0. The number of hydrogen-bond acceptors (Lipinski definition) is 2. The minimum atomic E-state index is 0.500. The van der Waals surface area contributed by atoms with Crippen LogP contribution in [0.3, 0.4) is 0 Å². The Kier molecular flexibility index (Phi) is 3.95. The number of rotatable bonds is 2. The summed E-state index contributed by atoms with van der Waals surface area (Å²) >= 11 is 0. The molecule has 0 aromatic rings. The van der Waals surface area contributed by atoms with Crippen molar-refractivity contribution in [2.45, 2.75) is 57.9 Å². The van der Waals surface area contributed by atoms with Gasteiger partial charge in [0.2, 0.25) is 0 Å². The number of hydrogen-bond donors (Lipinski definition) is 1. The molecular formula is C16H30N2. The molecule has 2 N–H and O–H groups in total. The second kappa shape index (κ2) is 5.50. The largest absolute Gasteiger partial charge is 0.327 e. The predicted octanol–water partition coefficient (Wildman–Crippen LogP) is 2.87. The number of fused-ring (bicyclic) bond motifs is 1. The topological polar surface area (TPSA) is 29.3 Å². The summed E-state index contributed by atoms with van der Waals surface area (Å²) in [6, 6.07) is 0.500. The average Bonchev–Trinajstić information content (AvgIpc) is 2.76. The summed E-state index contributed by atoms with van der Waals surface area (Å²) in [7, 11) is 0. The van der Waals surface area contributed by atoms with Gasteiger partial charge in [0.1, 0.15) is 0 Å². The number of likely N-dealkylation sites (tertiary alicyclic amines) is 1. The third kappa shape index (κ3) is 2.75. The molecule has 3 unspecified atom stereocenters. The van der Waals surface area contributed by atoms with E-state index >= 15 is 0 Å². The van der Waals surface area contributed by atoms with Crippen molar-refractivity contribution in [3.63, 3.8) is 0 Å². The van der Waals surface area contributed by atoms with Crippen LogP contribution in [0.5, 0.6) is 0 Å². The molecule has 2 nitrogen and oxygen atoms in total. The van der Waals surface area contributed by atoms with E-state index in [0.717, 1.165) is 23.7 Å². The van der Waals surface area contributed by atoms with E-state index < -0.39 is 0 Å². The SMILES string of the molecule is CC1CCC(CN2CC3CCCC(N)C3C2)CC1. The zero-order valence-electron chi connectivity index (χ0n) is 12.0. The van der Waals surface area contributed by atoms with E-state index in [1.807, 2.05) is 0 Å². The van der Waals surface area contributed by atoms with Crippen LogP contribution in [0.4, 0.5) is 0 Å². The Labute approximate surface area is 112 Å². The van der Waals surface area contributed by atoms with Crippen molar-refractivity contribution in [2.24, 2.45) is 29.4 Å². The van der Waals surface area contributed by atoms with Crippen LogP contribution in [0, 0.1) is 23.7 Å². The van der Waals surface area contributed by atoms with Crippen molar-refractivity contribution in [1.82, 2.24) is 4.90 Å². The van der Waals surface area contributed by atoms with E-state index in [-0.39, 0.29) is 0 Å². The van der Waals surface area contributed by atoms with E-state index in [1.54, 1.807) is 0 Å². The second-order valence-corrected chi connectivity index (χ2v) is 7.36. The first-order valence-electron chi connectivity index (χ1n) is 8.20. The Bertz CT molecular complexity index is 270. The molecule has 0 aromatic carbocycles. The Morgan fingerprint density at radius 3 is 2.50 bits per heavy atom. The van der Waals surface area contributed by atoms with Crippen molar-refractivity contribution < 1.29 is 0 Å². The maximum Gasteiger partial charge on any atom is 0.00825 e. The van der Waals surface area contributed by atoms with Crippen LogP contribution in [-0.2, 0) is 0 Å². The van der Waals surface area contributed by atoms with Crippen LogP contribution in [0.1, 0.15) is 51.9 Å². The average molecular weight is 250 g/mol. The highest BCUT2D eigenvalue weighted by Crippen LogP contribution is 2.37. The molecule has 0 bridgehead atoms. The first-order chi connectivity index (χ1) is 8.72. The minimum Gasteiger partial charge on any atom is -0.327 e. The van der Waals surface area contributed by atoms with Gasteiger partial charge < -0.3 is 10.6 Å². The van der Waals surface area contributed by atoms with Gasteiger partial charge >= 0.3 is 0 Å². The molecule has 18 heavy (non-hydrogen) atoms. The maximum absolute atomic E-state index is 6.31. The van der Waals surface area contributed by atoms with Crippen LogP contribution in [-0.4, -0.2) is 30.6 Å². The van der Waals surface area contributed by atoms with Crippen LogP contribution in [0.15, 0.2) is 0 Å². The van der Waals surface area contributed by atoms with E-state index in [0.29, 0.717) is 6.04 Å². The van der Waals surface area contributed by atoms with Gasteiger partial charge in [0.15, 0.2) is 0 Å². The monoisotopic (exact) mass is 250 g/mol. The van der Waals surface area contributed by atoms with Gasteiger partial charge in [-0.2, -0.15) is 0 Å². The molecule has 0 spiro atoms. The number of nitrogens with two attached hydrogens (primary N) is 1. The number of nitrogens with zero attached hydrogens (tertiary/aromatic N) is 1. The summed E-state index contributed by atoms with van der Waals surface area (Å²) in [6.07, 6.45) is 9.96. The molecule has 1 aliphatic heterocycles. The van der Waals surface area contributed by atoms with Crippen molar-refractivity contribution in [3.05, 3.63) is 0 Å². The smallest absolute Gasteiger partial charge is 0.00825 e. The highest BCUT2D eigenvalue weighted by molar-refractivity contribution is 4.93. The molecule has 3 aliphatic rings. The molecule has 1 saturated heterocycles. The van der Waals surface area contributed by atoms with Crippen LogP contribution >= 0.6 is 0 Å². The molecule has 104 valence electrons. The van der Waals surface area contributed by atoms with Gasteiger partial charge in [-0.25, -0.2) is 0 Å². The molecule has 2 heteroatoms. The first-order valence-corrected chi connectivity index (χ1v) is 8.20. The molecule has 1 heterocycles. The van der Waals surface area contributed by atoms with E-state index in [4.69, 9.17) is 5.73 Å². The quantitative estimate of drug-likeness (QED) is 0.816. The molecule has 3 atom stereocenters. The molecule has 2 saturated carbocycles. The van der Waals surface area contributed by atoms with Crippen molar-refractivity contribution in [3.8, 4) is 0 Å². The molecule has 3 fully saturated rings. The molecular weight excluding hydrogens is 220 g/mol. The first kappa shape index (κ1) is 12.9. The van der Waals surface area contributed by atoms with Crippen LogP contribution in [0.2, 0.25) is 0 Å². The van der Waals surface area contributed by atoms with E-state index in [1.165, 1.54) is 64.6 Å². The Balaban J connectivity index is 1.50. The summed E-state index contributed by atoms with van der Waals surface area (Å²) in [4.78, 5) is 2.75. The van der Waals surface area contributed by atoms with Gasteiger partial charge in [-0.1, -0.05) is 26.2 Å². The zero-order valence-corrected chi connectivity index (χ0v) is 12.0. The standard InChI is InChI=1S/C16H30N2/c1-12-5-7-13(8-6-12)9-18-10-14-3-2-4-16(17)15(14)11-18/h12-16H,2-11,17H2,1H3. The second-order valence-electron chi connectivity index (χ2n) is 7.36. The zero-order chi connectivity index (χ0) is 12.5. The summed E-state index contributed by atoms with van der Waals surface area (Å²) in [5.41, 5.74) is 6.31. The van der Waals surface area contributed by atoms with E-state index in [2.05, 4.69) is 11.8 Å². The molecule has 0 radical (unpaired) electrons. The fourth-order valence-electron chi connectivity index (χ4n) is 4.63. The van der Waals surface area contributed by atoms with Crippen molar-refractivity contribution >= 4 is 0 Å². The van der Waals surface area contributed by atoms with Gasteiger partial charge in [0.25, 0.3) is 0 Å². The fraction of sp³-hybridized carbons (Fsp3) is 1.00.